The van der Waals surface area contributed by atoms with E-state index in [0.717, 1.165) is 54.0 Å². The number of aromatic nitrogens is 2. The predicted molar refractivity (Wildman–Crippen MR) is 173 cm³/mol. The molecule has 4 aromatic rings. The van der Waals surface area contributed by atoms with Crippen LogP contribution >= 0.6 is 11.3 Å². The molecule has 0 radical (unpaired) electrons. The maximum Gasteiger partial charge on any atom is 0.146 e. The van der Waals surface area contributed by atoms with E-state index >= 15 is 0 Å². The number of fused-ring (bicyclic) bond motifs is 1. The number of rotatable bonds is 7. The molecule has 6 rings (SSSR count). The number of anilines is 1. The van der Waals surface area contributed by atoms with Gasteiger partial charge in [-0.15, -0.1) is 28.1 Å². The molecule has 0 saturated carbocycles. The van der Waals surface area contributed by atoms with E-state index in [9.17, 15) is 5.11 Å². The van der Waals surface area contributed by atoms with Gasteiger partial charge in [-0.1, -0.05) is 38.1 Å². The first-order valence-corrected chi connectivity index (χ1v) is 15.4. The Bertz CT molecular complexity index is 1670. The highest BCUT2D eigenvalue weighted by atomic mass is 32.1. The number of hydrogen-bond donors (Lipinski definition) is 1. The molecule has 0 aliphatic carbocycles. The molecule has 2 aliphatic rings. The summed E-state index contributed by atoms with van der Waals surface area (Å²) in [6, 6.07) is 16.2. The Hall–Kier alpha value is -3.77. The normalized spacial score (nSPS) is 16.8. The summed E-state index contributed by atoms with van der Waals surface area (Å²) < 4.78 is 0. The number of aromatic hydroxyl groups is 1. The van der Waals surface area contributed by atoms with Crippen molar-refractivity contribution >= 4 is 33.0 Å². The molecule has 5 nitrogen and oxygen atoms in total. The van der Waals surface area contributed by atoms with Gasteiger partial charge in [-0.25, -0.2) is 0 Å². The summed E-state index contributed by atoms with van der Waals surface area (Å²) in [5.41, 5.74) is 9.03. The molecule has 1 atom stereocenters. The Morgan fingerprint density at radius 3 is 2.54 bits per heavy atom. The summed E-state index contributed by atoms with van der Waals surface area (Å²) in [6.45, 7) is 15.8. The molecule has 2 aliphatic heterocycles. The number of aryl methyl sites for hydroxylation is 2. The Labute approximate surface area is 247 Å². The van der Waals surface area contributed by atoms with Gasteiger partial charge >= 0.3 is 0 Å². The van der Waals surface area contributed by atoms with E-state index in [1.807, 2.05) is 18.2 Å². The highest BCUT2D eigenvalue weighted by molar-refractivity contribution is 7.18. The zero-order valence-corrected chi connectivity index (χ0v) is 25.2. The molecular formula is C35H38N4OS. The molecule has 6 heteroatoms. The van der Waals surface area contributed by atoms with Gasteiger partial charge in [0.25, 0.3) is 0 Å². The minimum absolute atomic E-state index is 0.231. The fourth-order valence-electron chi connectivity index (χ4n) is 6.47. The number of para-hydroxylation sites is 1. The highest BCUT2D eigenvalue weighted by Crippen LogP contribution is 2.41. The lowest BCUT2D eigenvalue weighted by Gasteiger charge is -2.34. The first kappa shape index (κ1) is 27.4. The molecule has 1 fully saturated rings. The fraction of sp³-hybridized carbons (Fsp3) is 0.343. The number of hydrogen-bond acceptors (Lipinski definition) is 6. The van der Waals surface area contributed by atoms with Crippen LogP contribution in [0.15, 0.2) is 77.8 Å². The summed E-state index contributed by atoms with van der Waals surface area (Å²) in [5, 5.41) is 20.4. The maximum absolute atomic E-state index is 10.3. The van der Waals surface area contributed by atoms with E-state index in [1.54, 1.807) is 17.4 Å². The molecule has 0 spiro atoms. The van der Waals surface area contributed by atoms with Crippen LogP contribution in [0.1, 0.15) is 54.2 Å². The second-order valence-corrected chi connectivity index (χ2v) is 12.8. The largest absolute Gasteiger partial charge is 0.507 e. The summed E-state index contributed by atoms with van der Waals surface area (Å²) >= 11 is 1.78. The lowest BCUT2D eigenvalue weighted by molar-refractivity contribution is 0.477. The van der Waals surface area contributed by atoms with Crippen LogP contribution in [0.25, 0.3) is 21.5 Å². The van der Waals surface area contributed by atoms with Crippen molar-refractivity contribution in [3.05, 3.63) is 94.4 Å². The van der Waals surface area contributed by atoms with Crippen LogP contribution < -0.4 is 4.90 Å². The summed E-state index contributed by atoms with van der Waals surface area (Å²) in [4.78, 5) is 9.81. The lowest BCUT2D eigenvalue weighted by Crippen LogP contribution is -2.33. The first-order valence-electron chi connectivity index (χ1n) is 14.6. The monoisotopic (exact) mass is 562 g/mol. The molecule has 0 bridgehead atoms. The van der Waals surface area contributed by atoms with Crippen LogP contribution in [0.2, 0.25) is 0 Å². The van der Waals surface area contributed by atoms with Crippen molar-refractivity contribution in [1.82, 2.24) is 10.2 Å². The van der Waals surface area contributed by atoms with Gasteiger partial charge in [0.2, 0.25) is 0 Å². The Morgan fingerprint density at radius 2 is 1.83 bits per heavy atom. The van der Waals surface area contributed by atoms with Crippen molar-refractivity contribution in [2.24, 2.45) is 16.8 Å². The zero-order chi connectivity index (χ0) is 28.7. The minimum Gasteiger partial charge on any atom is -0.507 e. The van der Waals surface area contributed by atoms with E-state index in [1.165, 1.54) is 32.8 Å². The van der Waals surface area contributed by atoms with Gasteiger partial charge in [0.15, 0.2) is 0 Å². The molecule has 41 heavy (non-hydrogen) atoms. The van der Waals surface area contributed by atoms with Crippen LogP contribution in [0, 0.1) is 25.7 Å². The van der Waals surface area contributed by atoms with Crippen LogP contribution in [0.4, 0.5) is 5.69 Å². The number of allylic oxidation sites excluding steroid dienone is 2. The number of thiophene rings is 1. The van der Waals surface area contributed by atoms with Gasteiger partial charge in [-0.05, 0) is 91.6 Å². The third-order valence-corrected chi connectivity index (χ3v) is 10.1. The highest BCUT2D eigenvalue weighted by Gasteiger charge is 2.26. The average Bonchev–Trinajstić information content (AvgIpc) is 3.58. The van der Waals surface area contributed by atoms with Crippen LogP contribution in [0.3, 0.4) is 0 Å². The first-order chi connectivity index (χ1) is 19.8. The minimum atomic E-state index is 0.231. The molecular weight excluding hydrogens is 524 g/mol. The van der Waals surface area contributed by atoms with Gasteiger partial charge in [0, 0.05) is 46.1 Å². The molecule has 210 valence electrons. The maximum atomic E-state index is 10.3. The standard InChI is InChI=1S/C35H38N4OS/c1-6-27(21(2)3)26-18-30(36-20-26)25-11-12-32(22(4)17-25)39-15-13-24(14-16-39)34-23(5)29-19-31(37-38-35(29)41-34)28-9-7-8-10-33(28)40/h6-12,17-19,21,24,27,40H,1,13-16,20H2,2-5H3. The number of phenols is 1. The van der Waals surface area contributed by atoms with Crippen molar-refractivity contribution < 1.29 is 5.11 Å². The summed E-state index contributed by atoms with van der Waals surface area (Å²) in [7, 11) is 0. The van der Waals surface area contributed by atoms with Crippen LogP contribution in [-0.2, 0) is 0 Å². The molecule has 1 N–H and O–H groups in total. The molecule has 4 heterocycles. The predicted octanol–water partition coefficient (Wildman–Crippen LogP) is 8.25. The SMILES string of the molecule is C=CC(C1=CC(c2ccc(N3CCC(c4sc5nnc(-c6ccccc6O)cc5c4C)CC3)c(C)c2)=NC1)C(C)C. The Balaban J connectivity index is 1.16. The number of aliphatic imine (C=N–C) groups is 1. The fourth-order valence-corrected chi connectivity index (χ4v) is 7.75. The Kier molecular flexibility index (Phi) is 7.52. The lowest BCUT2D eigenvalue weighted by atomic mass is 9.88. The van der Waals surface area contributed by atoms with Crippen molar-refractivity contribution in [1.29, 1.82) is 0 Å². The Morgan fingerprint density at radius 1 is 1.05 bits per heavy atom. The third kappa shape index (κ3) is 5.21. The quantitative estimate of drug-likeness (QED) is 0.230. The number of nitrogens with zero attached hydrogens (tertiary/aromatic N) is 4. The van der Waals surface area contributed by atoms with E-state index in [4.69, 9.17) is 4.99 Å². The van der Waals surface area contributed by atoms with Gasteiger partial charge in [0.1, 0.15) is 10.6 Å². The topological polar surface area (TPSA) is 61.6 Å². The van der Waals surface area contributed by atoms with E-state index in [-0.39, 0.29) is 5.75 Å². The molecule has 0 amide bonds. The molecule has 1 unspecified atom stereocenters. The van der Waals surface area contributed by atoms with E-state index < -0.39 is 0 Å². The van der Waals surface area contributed by atoms with Crippen LogP contribution in [0.5, 0.6) is 5.75 Å². The van der Waals surface area contributed by atoms with Gasteiger partial charge in [-0.3, -0.25) is 4.99 Å². The zero-order valence-electron chi connectivity index (χ0n) is 24.4. The van der Waals surface area contributed by atoms with Crippen molar-refractivity contribution in [3.8, 4) is 17.0 Å². The second kappa shape index (κ2) is 11.2. The van der Waals surface area contributed by atoms with Crippen LogP contribution in [-0.4, -0.2) is 40.6 Å². The van der Waals surface area contributed by atoms with Gasteiger partial charge < -0.3 is 10.0 Å². The second-order valence-electron chi connectivity index (χ2n) is 11.7. The van der Waals surface area contributed by atoms with Gasteiger partial charge in [0.05, 0.1) is 18.0 Å². The third-order valence-electron chi connectivity index (χ3n) is 8.77. The molecule has 1 saturated heterocycles. The number of piperidine rings is 1. The summed E-state index contributed by atoms with van der Waals surface area (Å²) in [6.07, 6.45) is 6.57. The molecule has 2 aromatic carbocycles. The van der Waals surface area contributed by atoms with Crippen molar-refractivity contribution in [2.45, 2.75) is 46.5 Å². The molecule has 2 aromatic heterocycles. The van der Waals surface area contributed by atoms with Crippen molar-refractivity contribution in [2.75, 3.05) is 24.5 Å². The van der Waals surface area contributed by atoms with E-state index in [0.29, 0.717) is 23.4 Å². The number of benzene rings is 2. The smallest absolute Gasteiger partial charge is 0.146 e. The van der Waals surface area contributed by atoms with Crippen molar-refractivity contribution in [3.63, 3.8) is 0 Å². The number of phenolic OH excluding ortho intramolecular Hbond substituents is 1. The van der Waals surface area contributed by atoms with Gasteiger partial charge in [-0.2, -0.15) is 0 Å². The average molecular weight is 563 g/mol. The van der Waals surface area contributed by atoms with E-state index in [2.05, 4.69) is 85.8 Å². The summed E-state index contributed by atoms with van der Waals surface area (Å²) in [5.74, 6) is 1.67.